The number of aryl methyl sites for hydroxylation is 2. The van der Waals surface area contributed by atoms with Crippen LogP contribution in [0.1, 0.15) is 81.2 Å². The second kappa shape index (κ2) is 12.2. The maximum Gasteiger partial charge on any atom is 0.226 e. The van der Waals surface area contributed by atoms with Crippen LogP contribution in [0.3, 0.4) is 0 Å². The van der Waals surface area contributed by atoms with Crippen LogP contribution in [-0.4, -0.2) is 39.8 Å². The van der Waals surface area contributed by atoms with Crippen LogP contribution < -0.4 is 0 Å². The van der Waals surface area contributed by atoms with E-state index >= 15 is 0 Å². The van der Waals surface area contributed by atoms with E-state index in [4.69, 9.17) is 9.40 Å². The minimum atomic E-state index is 0.188. The second-order valence-corrected chi connectivity index (χ2v) is 11.4. The molecule has 2 aliphatic rings. The third-order valence-corrected chi connectivity index (χ3v) is 8.79. The van der Waals surface area contributed by atoms with E-state index in [1.807, 2.05) is 19.1 Å². The lowest BCUT2D eigenvalue weighted by molar-refractivity contribution is -0.124. The van der Waals surface area contributed by atoms with Gasteiger partial charge in [0, 0.05) is 36.2 Å². The van der Waals surface area contributed by atoms with Gasteiger partial charge in [0.15, 0.2) is 0 Å². The molecule has 2 heterocycles. The quantitative estimate of drug-likeness (QED) is 0.352. The standard InChI is InChI=1S/C28H40N2O2S/c1-21-11-6-7-15-25(21)28-29-26(22(2)32-28)20-30-17-10-12-23(19-30)27(31)16-8-9-18-33-24-13-4-3-5-14-24/h6-7,11,15,23-24H,3-5,8-10,12-14,16-20H2,1-2H3. The molecule has 0 radical (unpaired) electrons. The smallest absolute Gasteiger partial charge is 0.226 e. The molecule has 1 atom stereocenters. The molecule has 1 aliphatic heterocycles. The number of thioether (sulfide) groups is 1. The molecule has 5 heteroatoms. The topological polar surface area (TPSA) is 46.3 Å². The van der Waals surface area contributed by atoms with Gasteiger partial charge < -0.3 is 4.42 Å². The molecule has 1 unspecified atom stereocenters. The van der Waals surface area contributed by atoms with Crippen molar-refractivity contribution in [1.82, 2.24) is 9.88 Å². The molecule has 2 fully saturated rings. The van der Waals surface area contributed by atoms with Crippen molar-refractivity contribution in [3.8, 4) is 11.5 Å². The summed E-state index contributed by atoms with van der Waals surface area (Å²) in [5, 5.41) is 0.882. The Kier molecular flexibility index (Phi) is 9.08. The van der Waals surface area contributed by atoms with Crippen molar-refractivity contribution < 1.29 is 9.21 Å². The number of unbranched alkanes of at least 4 members (excludes halogenated alkanes) is 1. The van der Waals surface area contributed by atoms with E-state index in [1.165, 1.54) is 49.8 Å². The molecule has 33 heavy (non-hydrogen) atoms. The van der Waals surface area contributed by atoms with Crippen molar-refractivity contribution in [3.05, 3.63) is 41.3 Å². The average Bonchev–Trinajstić information content (AvgIpc) is 3.19. The molecular formula is C28H40N2O2S. The number of ketones is 1. The van der Waals surface area contributed by atoms with Gasteiger partial charge in [-0.2, -0.15) is 11.8 Å². The monoisotopic (exact) mass is 468 g/mol. The number of nitrogens with zero attached hydrogens (tertiary/aromatic N) is 2. The number of likely N-dealkylation sites (tertiary alicyclic amines) is 1. The number of carbonyl (C=O) groups is 1. The number of aromatic nitrogens is 1. The van der Waals surface area contributed by atoms with Gasteiger partial charge in [0.1, 0.15) is 11.5 Å². The minimum absolute atomic E-state index is 0.188. The lowest BCUT2D eigenvalue weighted by Crippen LogP contribution is -2.38. The largest absolute Gasteiger partial charge is 0.441 e. The zero-order valence-corrected chi connectivity index (χ0v) is 21.3. The van der Waals surface area contributed by atoms with Crippen LogP contribution in [0.4, 0.5) is 0 Å². The van der Waals surface area contributed by atoms with E-state index in [0.717, 1.165) is 67.6 Å². The first-order valence-electron chi connectivity index (χ1n) is 13.0. The maximum atomic E-state index is 12.9. The lowest BCUT2D eigenvalue weighted by Gasteiger charge is -2.31. The summed E-state index contributed by atoms with van der Waals surface area (Å²) in [4.78, 5) is 20.1. The maximum absolute atomic E-state index is 12.9. The zero-order chi connectivity index (χ0) is 23.0. The summed E-state index contributed by atoms with van der Waals surface area (Å²) in [6.07, 6.45) is 12.2. The van der Waals surface area contributed by atoms with E-state index in [2.05, 4.69) is 35.7 Å². The molecule has 1 aromatic carbocycles. The molecular weight excluding hydrogens is 428 g/mol. The summed E-state index contributed by atoms with van der Waals surface area (Å²) in [7, 11) is 0. The van der Waals surface area contributed by atoms with Gasteiger partial charge >= 0.3 is 0 Å². The Labute approximate surface area is 203 Å². The number of rotatable bonds is 10. The first-order chi connectivity index (χ1) is 16.1. The van der Waals surface area contributed by atoms with Gasteiger partial charge in [-0.25, -0.2) is 4.98 Å². The Morgan fingerprint density at radius 3 is 2.73 bits per heavy atom. The Morgan fingerprint density at radius 2 is 1.91 bits per heavy atom. The third kappa shape index (κ3) is 6.95. The number of benzene rings is 1. The van der Waals surface area contributed by atoms with Gasteiger partial charge in [0.05, 0.1) is 5.69 Å². The van der Waals surface area contributed by atoms with Crippen molar-refractivity contribution in [2.45, 2.75) is 89.9 Å². The third-order valence-electron chi connectivity index (χ3n) is 7.33. The van der Waals surface area contributed by atoms with Crippen molar-refractivity contribution in [3.63, 3.8) is 0 Å². The van der Waals surface area contributed by atoms with E-state index in [0.29, 0.717) is 11.7 Å². The van der Waals surface area contributed by atoms with Crippen LogP contribution in [0, 0.1) is 19.8 Å². The fourth-order valence-corrected chi connectivity index (χ4v) is 6.63. The molecule has 2 aromatic rings. The van der Waals surface area contributed by atoms with Crippen LogP contribution in [0.25, 0.3) is 11.5 Å². The zero-order valence-electron chi connectivity index (χ0n) is 20.5. The molecule has 180 valence electrons. The second-order valence-electron chi connectivity index (χ2n) is 9.97. The van der Waals surface area contributed by atoms with Crippen molar-refractivity contribution >= 4 is 17.5 Å². The predicted octanol–water partition coefficient (Wildman–Crippen LogP) is 6.98. The van der Waals surface area contributed by atoms with E-state index in [-0.39, 0.29) is 5.92 Å². The highest BCUT2D eigenvalue weighted by Crippen LogP contribution is 2.30. The SMILES string of the molecule is Cc1ccccc1-c1nc(CN2CCCC(C(=O)CCCCSC3CCCCC3)C2)c(C)o1. The van der Waals surface area contributed by atoms with Crippen LogP contribution in [0.2, 0.25) is 0 Å². The van der Waals surface area contributed by atoms with E-state index < -0.39 is 0 Å². The van der Waals surface area contributed by atoms with Crippen LogP contribution in [-0.2, 0) is 11.3 Å². The Balaban J connectivity index is 1.22. The van der Waals surface area contributed by atoms with Gasteiger partial charge in [-0.05, 0) is 76.3 Å². The first-order valence-corrected chi connectivity index (χ1v) is 14.0. The van der Waals surface area contributed by atoms with Crippen LogP contribution in [0.15, 0.2) is 28.7 Å². The summed E-state index contributed by atoms with van der Waals surface area (Å²) in [6.45, 7) is 6.75. The predicted molar refractivity (Wildman–Crippen MR) is 138 cm³/mol. The Bertz CT molecular complexity index is 903. The van der Waals surface area contributed by atoms with E-state index in [9.17, 15) is 4.79 Å². The molecule has 4 nitrogen and oxygen atoms in total. The normalized spacial score (nSPS) is 20.2. The molecule has 1 saturated carbocycles. The average molecular weight is 469 g/mol. The molecule has 1 aliphatic carbocycles. The summed E-state index contributed by atoms with van der Waals surface area (Å²) >= 11 is 2.15. The van der Waals surface area contributed by atoms with E-state index in [1.54, 1.807) is 0 Å². The summed E-state index contributed by atoms with van der Waals surface area (Å²) in [5.74, 6) is 3.48. The van der Waals surface area contributed by atoms with Crippen molar-refractivity contribution in [2.24, 2.45) is 5.92 Å². The Hall–Kier alpha value is -1.59. The Morgan fingerprint density at radius 1 is 1.09 bits per heavy atom. The molecule has 1 aromatic heterocycles. The van der Waals surface area contributed by atoms with Crippen molar-refractivity contribution in [2.75, 3.05) is 18.8 Å². The number of piperidine rings is 1. The number of hydrogen-bond acceptors (Lipinski definition) is 5. The highest BCUT2D eigenvalue weighted by Gasteiger charge is 2.26. The molecule has 4 rings (SSSR count). The van der Waals surface area contributed by atoms with Gasteiger partial charge in [-0.3, -0.25) is 9.69 Å². The lowest BCUT2D eigenvalue weighted by atomic mass is 9.91. The molecule has 1 saturated heterocycles. The number of oxazole rings is 1. The van der Waals surface area contributed by atoms with Crippen molar-refractivity contribution in [1.29, 1.82) is 0 Å². The highest BCUT2D eigenvalue weighted by atomic mass is 32.2. The molecule has 0 bridgehead atoms. The van der Waals surface area contributed by atoms with Gasteiger partial charge in [0.2, 0.25) is 5.89 Å². The highest BCUT2D eigenvalue weighted by molar-refractivity contribution is 7.99. The molecule has 0 N–H and O–H groups in total. The summed E-state index contributed by atoms with van der Waals surface area (Å²) < 4.78 is 6.01. The fraction of sp³-hybridized carbons (Fsp3) is 0.643. The van der Waals surface area contributed by atoms with Gasteiger partial charge in [-0.1, -0.05) is 37.5 Å². The molecule has 0 amide bonds. The number of hydrogen-bond donors (Lipinski definition) is 0. The number of Topliss-reactive ketones (excluding diaryl/α,β-unsaturated/α-hetero) is 1. The first kappa shape index (κ1) is 24.5. The fourth-order valence-electron chi connectivity index (χ4n) is 5.26. The summed E-state index contributed by atoms with van der Waals surface area (Å²) in [6, 6.07) is 8.21. The molecule has 0 spiro atoms. The van der Waals surface area contributed by atoms with Crippen LogP contribution in [0.5, 0.6) is 0 Å². The van der Waals surface area contributed by atoms with Crippen LogP contribution >= 0.6 is 11.8 Å². The minimum Gasteiger partial charge on any atom is -0.441 e. The van der Waals surface area contributed by atoms with Gasteiger partial charge in [0.25, 0.3) is 0 Å². The van der Waals surface area contributed by atoms with Gasteiger partial charge in [-0.15, -0.1) is 0 Å². The summed E-state index contributed by atoms with van der Waals surface area (Å²) in [5.41, 5.74) is 3.23. The number of carbonyl (C=O) groups excluding carboxylic acids is 1.